The topological polar surface area (TPSA) is 72.7 Å². The number of aryl methyl sites for hydroxylation is 1. The first-order chi connectivity index (χ1) is 12.4. The number of nitrogens with zero attached hydrogens (tertiary/aromatic N) is 4. The number of hydrogen-bond acceptors (Lipinski definition) is 4. The fourth-order valence-electron chi connectivity index (χ4n) is 3.27. The second-order valence-corrected chi connectivity index (χ2v) is 6.93. The Morgan fingerprint density at radius 1 is 1.19 bits per heavy atom. The summed E-state index contributed by atoms with van der Waals surface area (Å²) in [6, 6.07) is 8.38. The van der Waals surface area contributed by atoms with Crippen molar-refractivity contribution in [2.75, 3.05) is 5.32 Å². The van der Waals surface area contributed by atoms with Crippen molar-refractivity contribution in [3.8, 4) is 11.5 Å². The number of nitrogens with one attached hydrogen (secondary N) is 1. The van der Waals surface area contributed by atoms with Gasteiger partial charge < -0.3 is 5.32 Å². The van der Waals surface area contributed by atoms with Crippen LogP contribution in [0.1, 0.15) is 30.7 Å². The average molecular weight is 351 g/mol. The Kier molecular flexibility index (Phi) is 3.61. The van der Waals surface area contributed by atoms with Crippen LogP contribution in [0.15, 0.2) is 36.5 Å². The van der Waals surface area contributed by atoms with Gasteiger partial charge in [-0.2, -0.15) is 5.10 Å². The molecule has 2 aromatic heterocycles. The van der Waals surface area contributed by atoms with Gasteiger partial charge in [-0.05, 0) is 32.9 Å². The number of amides is 1. The minimum atomic E-state index is -0.651. The fourth-order valence-corrected chi connectivity index (χ4v) is 3.27. The molecule has 0 fully saturated rings. The monoisotopic (exact) mass is 351 g/mol. The van der Waals surface area contributed by atoms with Crippen LogP contribution in [0.3, 0.4) is 0 Å². The maximum Gasteiger partial charge on any atom is 0.235 e. The Morgan fingerprint density at radius 3 is 2.73 bits per heavy atom. The van der Waals surface area contributed by atoms with E-state index in [1.54, 1.807) is 35.1 Å². The zero-order chi connectivity index (χ0) is 18.5. The van der Waals surface area contributed by atoms with Crippen LogP contribution in [0.2, 0.25) is 0 Å². The highest BCUT2D eigenvalue weighted by molar-refractivity contribution is 6.05. The molecule has 1 N–H and O–H groups in total. The molecule has 1 aliphatic rings. The van der Waals surface area contributed by atoms with E-state index in [4.69, 9.17) is 0 Å². The molecule has 26 heavy (non-hydrogen) atoms. The highest BCUT2D eigenvalue weighted by Gasteiger charge is 2.41. The van der Waals surface area contributed by atoms with Gasteiger partial charge in [0.05, 0.1) is 12.0 Å². The number of carbonyl (C=O) groups is 1. The van der Waals surface area contributed by atoms with Gasteiger partial charge in [-0.25, -0.2) is 14.4 Å². The lowest BCUT2D eigenvalue weighted by Gasteiger charge is -2.16. The molecule has 132 valence electrons. The molecule has 0 spiro atoms. The number of benzene rings is 1. The van der Waals surface area contributed by atoms with Gasteiger partial charge in [-0.1, -0.05) is 18.2 Å². The van der Waals surface area contributed by atoms with Gasteiger partial charge >= 0.3 is 0 Å². The second kappa shape index (κ2) is 5.72. The van der Waals surface area contributed by atoms with Crippen molar-refractivity contribution in [3.05, 3.63) is 59.2 Å². The Morgan fingerprint density at radius 2 is 1.96 bits per heavy atom. The first kappa shape index (κ1) is 16.4. The summed E-state index contributed by atoms with van der Waals surface area (Å²) in [6.07, 6.45) is 1.76. The van der Waals surface area contributed by atoms with Crippen LogP contribution in [0.25, 0.3) is 11.5 Å². The zero-order valence-electron chi connectivity index (χ0n) is 14.7. The molecule has 4 rings (SSSR count). The van der Waals surface area contributed by atoms with E-state index in [9.17, 15) is 9.18 Å². The predicted octanol–water partition coefficient (Wildman–Crippen LogP) is 3.07. The van der Waals surface area contributed by atoms with E-state index in [1.165, 1.54) is 6.07 Å². The molecular formula is C19H18FN5O. The third-order valence-electron chi connectivity index (χ3n) is 4.67. The van der Waals surface area contributed by atoms with E-state index in [2.05, 4.69) is 20.4 Å². The first-order valence-electron chi connectivity index (χ1n) is 8.34. The van der Waals surface area contributed by atoms with Crippen LogP contribution in [0.5, 0.6) is 0 Å². The van der Waals surface area contributed by atoms with Crippen molar-refractivity contribution < 1.29 is 9.18 Å². The smallest absolute Gasteiger partial charge is 0.235 e. The van der Waals surface area contributed by atoms with E-state index < -0.39 is 5.41 Å². The number of anilines is 1. The molecule has 0 radical (unpaired) electrons. The molecule has 6 nitrogen and oxygen atoms in total. The molecule has 0 atom stereocenters. The third kappa shape index (κ3) is 2.56. The van der Waals surface area contributed by atoms with E-state index in [0.717, 1.165) is 11.3 Å². The molecule has 0 unspecified atom stereocenters. The van der Waals surface area contributed by atoms with Gasteiger partial charge in [0.2, 0.25) is 5.91 Å². The SMILES string of the molecule is Cc1nc(-c2ccn(Cc3ccccc3F)n2)nc2c1C(C)(C)C(=O)N2. The van der Waals surface area contributed by atoms with Gasteiger partial charge in [-0.3, -0.25) is 9.48 Å². The normalized spacial score (nSPS) is 15.0. The van der Waals surface area contributed by atoms with Gasteiger partial charge in [0.15, 0.2) is 5.82 Å². The third-order valence-corrected chi connectivity index (χ3v) is 4.67. The molecule has 1 aromatic carbocycles. The van der Waals surface area contributed by atoms with Crippen LogP contribution in [0, 0.1) is 12.7 Å². The lowest BCUT2D eigenvalue weighted by atomic mass is 9.86. The van der Waals surface area contributed by atoms with E-state index in [1.807, 2.05) is 20.8 Å². The van der Waals surface area contributed by atoms with Crippen LogP contribution in [0.4, 0.5) is 10.2 Å². The molecular weight excluding hydrogens is 333 g/mol. The van der Waals surface area contributed by atoms with Gasteiger partial charge in [0.25, 0.3) is 0 Å². The van der Waals surface area contributed by atoms with Crippen LogP contribution < -0.4 is 5.32 Å². The quantitative estimate of drug-likeness (QED) is 0.787. The molecule has 0 bridgehead atoms. The van der Waals surface area contributed by atoms with Crippen molar-refractivity contribution in [3.63, 3.8) is 0 Å². The summed E-state index contributed by atoms with van der Waals surface area (Å²) in [4.78, 5) is 21.2. The first-order valence-corrected chi connectivity index (χ1v) is 8.34. The number of carbonyl (C=O) groups excluding carboxylic acids is 1. The highest BCUT2D eigenvalue weighted by Crippen LogP contribution is 2.38. The van der Waals surface area contributed by atoms with E-state index >= 15 is 0 Å². The minimum absolute atomic E-state index is 0.0906. The van der Waals surface area contributed by atoms with Gasteiger partial charge in [-0.15, -0.1) is 0 Å². The Bertz CT molecular complexity index is 1020. The summed E-state index contributed by atoms with van der Waals surface area (Å²) >= 11 is 0. The molecule has 3 aromatic rings. The van der Waals surface area contributed by atoms with Crippen molar-refractivity contribution in [2.45, 2.75) is 32.7 Å². The van der Waals surface area contributed by atoms with Crippen LogP contribution >= 0.6 is 0 Å². The molecule has 7 heteroatoms. The highest BCUT2D eigenvalue weighted by atomic mass is 19.1. The number of halogens is 1. The fraction of sp³-hybridized carbons (Fsp3) is 0.263. The van der Waals surface area contributed by atoms with E-state index in [-0.39, 0.29) is 11.7 Å². The predicted molar refractivity (Wildman–Crippen MR) is 95.1 cm³/mol. The van der Waals surface area contributed by atoms with Crippen LogP contribution in [-0.2, 0) is 16.8 Å². The Balaban J connectivity index is 1.67. The number of fused-ring (bicyclic) bond motifs is 1. The summed E-state index contributed by atoms with van der Waals surface area (Å²) in [6.45, 7) is 5.89. The summed E-state index contributed by atoms with van der Waals surface area (Å²) in [5.41, 5.74) is 2.05. The molecule has 0 saturated heterocycles. The number of rotatable bonds is 3. The maximum absolute atomic E-state index is 13.8. The standard InChI is InChI=1S/C19H18FN5O/c1-11-15-17(23-18(26)19(15,2)3)22-16(21-11)14-8-9-25(24-14)10-12-6-4-5-7-13(12)20/h4-9H,10H2,1-3H3,(H,21,22,23,26). The molecule has 1 aliphatic heterocycles. The number of hydrogen-bond donors (Lipinski definition) is 1. The molecule has 3 heterocycles. The molecule has 0 saturated carbocycles. The van der Waals surface area contributed by atoms with Crippen molar-refractivity contribution in [1.82, 2.24) is 19.7 Å². The minimum Gasteiger partial charge on any atom is -0.310 e. The zero-order valence-corrected chi connectivity index (χ0v) is 14.7. The average Bonchev–Trinajstić information content (AvgIpc) is 3.13. The largest absolute Gasteiger partial charge is 0.310 e. The summed E-state index contributed by atoms with van der Waals surface area (Å²) in [5, 5.41) is 7.27. The summed E-state index contributed by atoms with van der Waals surface area (Å²) < 4.78 is 15.5. The lowest BCUT2D eigenvalue weighted by molar-refractivity contribution is -0.119. The van der Waals surface area contributed by atoms with Gasteiger partial charge in [0, 0.05) is 23.0 Å². The van der Waals surface area contributed by atoms with Gasteiger partial charge in [0.1, 0.15) is 17.3 Å². The maximum atomic E-state index is 13.8. The lowest BCUT2D eigenvalue weighted by Crippen LogP contribution is -2.27. The molecule has 0 aliphatic carbocycles. The van der Waals surface area contributed by atoms with Crippen molar-refractivity contribution in [1.29, 1.82) is 0 Å². The summed E-state index contributed by atoms with van der Waals surface area (Å²) in [5.74, 6) is 0.615. The Hall–Kier alpha value is -3.09. The van der Waals surface area contributed by atoms with E-state index in [0.29, 0.717) is 29.4 Å². The molecule has 1 amide bonds. The second-order valence-electron chi connectivity index (χ2n) is 6.93. The van der Waals surface area contributed by atoms with Crippen molar-refractivity contribution >= 4 is 11.7 Å². The van der Waals surface area contributed by atoms with Crippen molar-refractivity contribution in [2.24, 2.45) is 0 Å². The Labute approximate surface area is 150 Å². The van der Waals surface area contributed by atoms with Crippen LogP contribution in [-0.4, -0.2) is 25.7 Å². The summed E-state index contributed by atoms with van der Waals surface area (Å²) in [7, 11) is 0. The number of aromatic nitrogens is 4.